The Kier molecular flexibility index (Phi) is 5.25. The van der Waals surface area contributed by atoms with Crippen molar-refractivity contribution in [1.82, 2.24) is 4.90 Å². The lowest BCUT2D eigenvalue weighted by Crippen LogP contribution is -2.32. The Bertz CT molecular complexity index is 421. The van der Waals surface area contributed by atoms with Crippen LogP contribution in [0.3, 0.4) is 0 Å². The van der Waals surface area contributed by atoms with Gasteiger partial charge in [-0.05, 0) is 49.8 Å². The second kappa shape index (κ2) is 6.73. The minimum Gasteiger partial charge on any atom is -0.388 e. The highest BCUT2D eigenvalue weighted by molar-refractivity contribution is 7.99. The van der Waals surface area contributed by atoms with Gasteiger partial charge in [0.05, 0.1) is 6.10 Å². The van der Waals surface area contributed by atoms with E-state index in [9.17, 15) is 9.50 Å². The second-order valence-corrected chi connectivity index (χ2v) is 6.46. The van der Waals surface area contributed by atoms with Crippen molar-refractivity contribution < 1.29 is 9.50 Å². The van der Waals surface area contributed by atoms with Gasteiger partial charge in [0.2, 0.25) is 0 Å². The molecule has 1 aromatic carbocycles. The number of thioether (sulfide) groups is 1. The van der Waals surface area contributed by atoms with Gasteiger partial charge in [-0.1, -0.05) is 12.1 Å². The number of benzene rings is 1. The Labute approximate surface area is 119 Å². The molecule has 1 saturated heterocycles. The third-order valence-electron chi connectivity index (χ3n) is 3.86. The molecule has 1 aliphatic heterocycles. The first kappa shape index (κ1) is 14.8. The average Bonchev–Trinajstić information content (AvgIpc) is 2.92. The maximum atomic E-state index is 13.5. The highest BCUT2D eigenvalue weighted by atomic mass is 32.2. The Morgan fingerprint density at radius 2 is 2.32 bits per heavy atom. The van der Waals surface area contributed by atoms with E-state index in [1.54, 1.807) is 13.0 Å². The quantitative estimate of drug-likeness (QED) is 0.898. The number of rotatable bonds is 5. The fraction of sp³-hybridized carbons (Fsp3) is 0.600. The molecule has 0 aliphatic carbocycles. The summed E-state index contributed by atoms with van der Waals surface area (Å²) in [4.78, 5) is 2.31. The molecule has 0 radical (unpaired) electrons. The first-order valence-electron chi connectivity index (χ1n) is 6.80. The molecule has 2 rings (SSSR count). The van der Waals surface area contributed by atoms with E-state index in [2.05, 4.69) is 11.9 Å². The predicted molar refractivity (Wildman–Crippen MR) is 79.1 cm³/mol. The van der Waals surface area contributed by atoms with E-state index in [0.717, 1.165) is 6.54 Å². The molecule has 106 valence electrons. The van der Waals surface area contributed by atoms with Crippen molar-refractivity contribution in [2.24, 2.45) is 0 Å². The number of aliphatic hydroxyl groups excluding tert-OH is 1. The van der Waals surface area contributed by atoms with Crippen LogP contribution in [-0.4, -0.2) is 41.1 Å². The number of hydrogen-bond acceptors (Lipinski definition) is 3. The minimum absolute atomic E-state index is 0.239. The van der Waals surface area contributed by atoms with Gasteiger partial charge in [-0.25, -0.2) is 4.39 Å². The minimum atomic E-state index is -0.577. The van der Waals surface area contributed by atoms with Crippen LogP contribution in [0.15, 0.2) is 18.2 Å². The Balaban J connectivity index is 1.86. The Morgan fingerprint density at radius 1 is 1.53 bits per heavy atom. The van der Waals surface area contributed by atoms with Gasteiger partial charge in [0.15, 0.2) is 0 Å². The van der Waals surface area contributed by atoms with Crippen LogP contribution in [-0.2, 0) is 0 Å². The zero-order chi connectivity index (χ0) is 13.8. The monoisotopic (exact) mass is 283 g/mol. The zero-order valence-electron chi connectivity index (χ0n) is 11.6. The SMILES string of the molecule is Cc1ccc(C(O)CCN(C)C2CCSC2)cc1F. The second-order valence-electron chi connectivity index (χ2n) is 5.31. The third kappa shape index (κ3) is 3.94. The molecule has 1 aliphatic rings. The van der Waals surface area contributed by atoms with E-state index < -0.39 is 6.10 Å². The molecule has 19 heavy (non-hydrogen) atoms. The highest BCUT2D eigenvalue weighted by Crippen LogP contribution is 2.23. The van der Waals surface area contributed by atoms with Gasteiger partial charge in [-0.15, -0.1) is 0 Å². The lowest BCUT2D eigenvalue weighted by molar-refractivity contribution is 0.139. The molecule has 2 unspecified atom stereocenters. The molecule has 2 nitrogen and oxygen atoms in total. The van der Waals surface area contributed by atoms with E-state index >= 15 is 0 Å². The summed E-state index contributed by atoms with van der Waals surface area (Å²) in [6, 6.07) is 5.62. The maximum absolute atomic E-state index is 13.5. The number of aliphatic hydroxyl groups is 1. The van der Waals surface area contributed by atoms with Crippen LogP contribution in [0.1, 0.15) is 30.1 Å². The average molecular weight is 283 g/mol. The van der Waals surface area contributed by atoms with Gasteiger partial charge in [0.25, 0.3) is 0 Å². The summed E-state index contributed by atoms with van der Waals surface area (Å²) in [7, 11) is 2.11. The first-order valence-corrected chi connectivity index (χ1v) is 7.95. The summed E-state index contributed by atoms with van der Waals surface area (Å²) < 4.78 is 13.5. The molecular weight excluding hydrogens is 261 g/mol. The zero-order valence-corrected chi connectivity index (χ0v) is 12.4. The van der Waals surface area contributed by atoms with E-state index in [1.807, 2.05) is 17.8 Å². The molecule has 0 amide bonds. The van der Waals surface area contributed by atoms with Crippen molar-refractivity contribution in [3.05, 3.63) is 35.1 Å². The van der Waals surface area contributed by atoms with E-state index in [-0.39, 0.29) is 5.82 Å². The van der Waals surface area contributed by atoms with E-state index in [4.69, 9.17) is 0 Å². The lowest BCUT2D eigenvalue weighted by atomic mass is 10.0. The molecule has 0 spiro atoms. The molecule has 1 N–H and O–H groups in total. The van der Waals surface area contributed by atoms with Crippen molar-refractivity contribution in [2.45, 2.75) is 31.9 Å². The first-order chi connectivity index (χ1) is 9.08. The fourth-order valence-electron chi connectivity index (χ4n) is 2.36. The maximum Gasteiger partial charge on any atom is 0.126 e. The highest BCUT2D eigenvalue weighted by Gasteiger charge is 2.20. The van der Waals surface area contributed by atoms with Crippen molar-refractivity contribution in [3.63, 3.8) is 0 Å². The van der Waals surface area contributed by atoms with Gasteiger partial charge in [0.1, 0.15) is 5.82 Å². The fourth-order valence-corrected chi connectivity index (χ4v) is 3.66. The molecule has 0 aromatic heterocycles. The van der Waals surface area contributed by atoms with Crippen LogP contribution < -0.4 is 0 Å². The molecule has 4 heteroatoms. The van der Waals surface area contributed by atoms with Crippen molar-refractivity contribution in [2.75, 3.05) is 25.1 Å². The van der Waals surface area contributed by atoms with Gasteiger partial charge in [-0.3, -0.25) is 0 Å². The van der Waals surface area contributed by atoms with Crippen LogP contribution in [0.4, 0.5) is 4.39 Å². The number of hydrogen-bond donors (Lipinski definition) is 1. The standard InChI is InChI=1S/C15H22FNOS/c1-11-3-4-12(9-14(11)16)15(18)5-7-17(2)13-6-8-19-10-13/h3-4,9,13,15,18H,5-8,10H2,1-2H3. The van der Waals surface area contributed by atoms with Crippen molar-refractivity contribution >= 4 is 11.8 Å². The Hall–Kier alpha value is -0.580. The summed E-state index contributed by atoms with van der Waals surface area (Å²) in [5.74, 6) is 2.18. The predicted octanol–water partition coefficient (Wildman–Crippen LogP) is 2.99. The van der Waals surface area contributed by atoms with Crippen LogP contribution >= 0.6 is 11.8 Å². The molecule has 1 heterocycles. The van der Waals surface area contributed by atoms with Crippen LogP contribution in [0, 0.1) is 12.7 Å². The van der Waals surface area contributed by atoms with Gasteiger partial charge in [-0.2, -0.15) is 11.8 Å². The summed E-state index contributed by atoms with van der Waals surface area (Å²) in [5, 5.41) is 10.1. The van der Waals surface area contributed by atoms with Crippen LogP contribution in [0.5, 0.6) is 0 Å². The molecular formula is C15H22FNOS. The number of nitrogens with zero attached hydrogens (tertiary/aromatic N) is 1. The number of aryl methyl sites for hydroxylation is 1. The molecule has 0 bridgehead atoms. The van der Waals surface area contributed by atoms with Crippen molar-refractivity contribution in [1.29, 1.82) is 0 Å². The molecule has 0 saturated carbocycles. The normalized spacial score (nSPS) is 21.0. The Morgan fingerprint density at radius 3 is 2.95 bits per heavy atom. The van der Waals surface area contributed by atoms with Gasteiger partial charge in [0, 0.05) is 18.3 Å². The van der Waals surface area contributed by atoms with Crippen molar-refractivity contribution in [3.8, 4) is 0 Å². The molecule has 2 atom stereocenters. The summed E-state index contributed by atoms with van der Waals surface area (Å²) in [6.45, 7) is 2.58. The van der Waals surface area contributed by atoms with Gasteiger partial charge >= 0.3 is 0 Å². The topological polar surface area (TPSA) is 23.5 Å². The van der Waals surface area contributed by atoms with Crippen LogP contribution in [0.25, 0.3) is 0 Å². The smallest absolute Gasteiger partial charge is 0.126 e. The largest absolute Gasteiger partial charge is 0.388 e. The van der Waals surface area contributed by atoms with E-state index in [0.29, 0.717) is 23.6 Å². The van der Waals surface area contributed by atoms with Crippen LogP contribution in [0.2, 0.25) is 0 Å². The lowest BCUT2D eigenvalue weighted by Gasteiger charge is -2.24. The third-order valence-corrected chi connectivity index (χ3v) is 5.01. The summed E-state index contributed by atoms with van der Waals surface area (Å²) in [6.07, 6.45) is 1.31. The van der Waals surface area contributed by atoms with Gasteiger partial charge < -0.3 is 10.0 Å². The summed E-state index contributed by atoms with van der Waals surface area (Å²) in [5.41, 5.74) is 1.30. The van der Waals surface area contributed by atoms with E-state index in [1.165, 1.54) is 24.0 Å². The molecule has 1 fully saturated rings. The number of halogens is 1. The molecule has 1 aromatic rings. The summed E-state index contributed by atoms with van der Waals surface area (Å²) >= 11 is 1.99.